The minimum Gasteiger partial charge on any atom is -0.427 e. The molecule has 0 heterocycles. The second-order valence-electron chi connectivity index (χ2n) is 9.64. The van der Waals surface area contributed by atoms with Crippen molar-refractivity contribution in [2.24, 2.45) is 0 Å². The molecule has 8 nitrogen and oxygen atoms in total. The average Bonchev–Trinajstić information content (AvgIpc) is 2.90. The number of nitro benzene ring substituents is 1. The van der Waals surface area contributed by atoms with Gasteiger partial charge in [0.15, 0.2) is 0 Å². The van der Waals surface area contributed by atoms with Gasteiger partial charge >= 0.3 is 7.12 Å². The molecule has 47 heavy (non-hydrogen) atoms. The van der Waals surface area contributed by atoms with Gasteiger partial charge in [-0.3, -0.25) is 10.1 Å². The highest BCUT2D eigenvalue weighted by Crippen LogP contribution is 2.23. The van der Waals surface area contributed by atoms with E-state index in [1.54, 1.807) is 19.1 Å². The number of benzene rings is 4. The number of nitrogens with two attached hydrogens (primary N) is 3. The zero-order valence-electron chi connectivity index (χ0n) is 25.5. The van der Waals surface area contributed by atoms with Crippen molar-refractivity contribution in [3.63, 3.8) is 0 Å². The van der Waals surface area contributed by atoms with Gasteiger partial charge in [-0.1, -0.05) is 102 Å². The molecule has 0 aliphatic rings. The van der Waals surface area contributed by atoms with E-state index >= 15 is 0 Å². The maximum Gasteiger partial charge on any atom is 0.448 e. The van der Waals surface area contributed by atoms with Crippen LogP contribution in [0.5, 0.6) is 0 Å². The summed E-state index contributed by atoms with van der Waals surface area (Å²) in [5.41, 5.74) is 26.1. The molecule has 4 rings (SSSR count). The summed E-state index contributed by atoms with van der Waals surface area (Å²) < 4.78 is 2.89. The highest BCUT2D eigenvalue weighted by molar-refractivity contribution is 9.11. The van der Waals surface area contributed by atoms with E-state index in [1.807, 2.05) is 77.1 Å². The Kier molecular flexibility index (Phi) is 30.9. The van der Waals surface area contributed by atoms with Crippen molar-refractivity contribution in [3.8, 4) is 0 Å². The lowest BCUT2D eigenvalue weighted by Gasteiger charge is -2.02. The summed E-state index contributed by atoms with van der Waals surface area (Å²) in [6.07, 6.45) is 0. The first-order valence-electron chi connectivity index (χ1n) is 13.0. The third-order valence-corrected chi connectivity index (χ3v) is 7.43. The van der Waals surface area contributed by atoms with E-state index in [9.17, 15) is 10.1 Å². The summed E-state index contributed by atoms with van der Waals surface area (Å²) >= 11 is 9.90. The predicted molar refractivity (Wildman–Crippen MR) is 220 cm³/mol. The van der Waals surface area contributed by atoms with Gasteiger partial charge in [0.1, 0.15) is 0 Å². The van der Waals surface area contributed by atoms with Crippen LogP contribution in [0.2, 0.25) is 6.82 Å². The Morgan fingerprint density at radius 3 is 1.32 bits per heavy atom. The molecule has 0 amide bonds. The second kappa shape index (κ2) is 27.1. The van der Waals surface area contributed by atoms with Crippen LogP contribution in [0.3, 0.4) is 0 Å². The lowest BCUT2D eigenvalue weighted by atomic mass is 9.99. The Morgan fingerprint density at radius 2 is 0.979 bits per heavy atom. The Labute approximate surface area is 309 Å². The third-order valence-electron chi connectivity index (χ3n) is 5.59. The lowest BCUT2D eigenvalue weighted by molar-refractivity contribution is -0.385. The van der Waals surface area contributed by atoms with E-state index < -0.39 is 7.12 Å². The van der Waals surface area contributed by atoms with E-state index in [-0.39, 0.29) is 40.3 Å². The van der Waals surface area contributed by atoms with Crippen LogP contribution in [0.4, 0.5) is 22.7 Å². The normalized spacial score (nSPS) is 8.60. The SMILES string of the molecule is C.C.C.C.CB(O)O.Cc1cc(Br)c(C)cc1N.Cc1ccc(Br)cc1N.Cc1ccc(Br)cc1[N+](=O)[O-].Cc1ccc(C)c(N)c1. The van der Waals surface area contributed by atoms with Gasteiger partial charge in [0, 0.05) is 42.1 Å². The lowest BCUT2D eigenvalue weighted by Crippen LogP contribution is -2.00. The topological polar surface area (TPSA) is 162 Å². The summed E-state index contributed by atoms with van der Waals surface area (Å²) in [5, 5.41) is 25.6. The average molecular weight is 847 g/mol. The van der Waals surface area contributed by atoms with Crippen LogP contribution in [0.1, 0.15) is 63.1 Å². The Hall–Kier alpha value is -2.90. The number of halogens is 3. The third kappa shape index (κ3) is 23.1. The number of anilines is 3. The van der Waals surface area contributed by atoms with Crippen LogP contribution >= 0.6 is 47.8 Å². The van der Waals surface area contributed by atoms with Gasteiger partial charge in [0.2, 0.25) is 0 Å². The van der Waals surface area contributed by atoms with Crippen molar-refractivity contribution in [1.82, 2.24) is 0 Å². The van der Waals surface area contributed by atoms with Crippen LogP contribution in [-0.4, -0.2) is 22.1 Å². The van der Waals surface area contributed by atoms with Gasteiger partial charge in [-0.15, -0.1) is 0 Å². The van der Waals surface area contributed by atoms with Crippen molar-refractivity contribution < 1.29 is 15.0 Å². The van der Waals surface area contributed by atoms with Crippen molar-refractivity contribution >= 4 is 77.7 Å². The first-order valence-corrected chi connectivity index (χ1v) is 15.4. The standard InChI is InChI=1S/C8H10BrN.C8H11N.C7H6BrNO2.C7H8BrN.CH5BO2.4CH4/c1-5-4-8(10)6(2)3-7(5)9;1-6-3-4-7(2)8(9)5-6;1-5-2-3-6(8)4-7(5)9(10)11;1-5-2-3-6(8)4-7(5)9;1-2(3)4;;;;/h3-4H,10H2,1-2H3;3-5H,9H2,1-2H3;2-4H,1H3;2-4H,9H2,1H3;3-4H,1H3;4*1H4. The molecule has 0 spiro atoms. The molecular formula is C35H56BBr3N4O4. The van der Waals surface area contributed by atoms with E-state index in [0.29, 0.717) is 5.56 Å². The molecule has 0 radical (unpaired) electrons. The summed E-state index contributed by atoms with van der Waals surface area (Å²) in [6, 6.07) is 20.9. The summed E-state index contributed by atoms with van der Waals surface area (Å²) in [4.78, 5) is 9.97. The van der Waals surface area contributed by atoms with E-state index in [2.05, 4.69) is 53.9 Å². The Morgan fingerprint density at radius 1 is 0.596 bits per heavy atom. The number of rotatable bonds is 1. The monoisotopic (exact) mass is 844 g/mol. The fraction of sp³-hybridized carbons (Fsp3) is 0.314. The largest absolute Gasteiger partial charge is 0.448 e. The molecule has 0 aliphatic heterocycles. The molecule has 4 aromatic carbocycles. The minimum absolute atomic E-state index is 0. The first-order chi connectivity index (χ1) is 19.8. The van der Waals surface area contributed by atoms with Crippen molar-refractivity contribution in [3.05, 3.63) is 124 Å². The molecule has 4 aromatic rings. The van der Waals surface area contributed by atoms with E-state index in [0.717, 1.165) is 47.2 Å². The smallest absolute Gasteiger partial charge is 0.427 e. The quantitative estimate of drug-likeness (QED) is 0.0551. The number of aryl methyl sites for hydroxylation is 6. The van der Waals surface area contributed by atoms with Gasteiger partial charge in [0.25, 0.3) is 5.69 Å². The van der Waals surface area contributed by atoms with Crippen LogP contribution in [0.15, 0.2) is 80.1 Å². The molecule has 8 N–H and O–H groups in total. The fourth-order valence-electron chi connectivity index (χ4n) is 2.95. The Balaban J connectivity index is -0.000000157. The van der Waals surface area contributed by atoms with Gasteiger partial charge in [-0.05, 0) is 113 Å². The zero-order valence-corrected chi connectivity index (χ0v) is 30.2. The molecule has 0 fully saturated rings. The second-order valence-corrected chi connectivity index (χ2v) is 12.3. The Bertz CT molecular complexity index is 1390. The summed E-state index contributed by atoms with van der Waals surface area (Å²) in [7, 11) is -1.17. The molecule has 0 atom stereocenters. The fourth-order valence-corrected chi connectivity index (χ4v) is 4.14. The first kappa shape index (κ1) is 53.6. The number of nitrogen functional groups attached to an aromatic ring is 3. The van der Waals surface area contributed by atoms with Crippen LogP contribution in [0.25, 0.3) is 0 Å². The van der Waals surface area contributed by atoms with Gasteiger partial charge in [-0.25, -0.2) is 0 Å². The van der Waals surface area contributed by atoms with E-state index in [1.165, 1.54) is 24.0 Å². The summed E-state index contributed by atoms with van der Waals surface area (Å²) in [6.45, 7) is 13.1. The predicted octanol–water partition coefficient (Wildman–Crippen LogP) is 11.2. The van der Waals surface area contributed by atoms with Crippen LogP contribution in [-0.2, 0) is 0 Å². The molecule has 264 valence electrons. The molecule has 0 unspecified atom stereocenters. The molecule has 0 saturated carbocycles. The summed E-state index contributed by atoms with van der Waals surface area (Å²) in [5.74, 6) is 0. The molecular weight excluding hydrogens is 791 g/mol. The van der Waals surface area contributed by atoms with Crippen molar-refractivity contribution in [2.45, 2.75) is 78.1 Å². The number of hydrogen-bond donors (Lipinski definition) is 5. The highest BCUT2D eigenvalue weighted by atomic mass is 79.9. The molecule has 0 aliphatic carbocycles. The number of nitro groups is 1. The van der Waals surface area contributed by atoms with E-state index in [4.69, 9.17) is 27.2 Å². The molecule has 12 heteroatoms. The molecule has 0 bridgehead atoms. The van der Waals surface area contributed by atoms with Crippen molar-refractivity contribution in [1.29, 1.82) is 0 Å². The van der Waals surface area contributed by atoms with Crippen molar-refractivity contribution in [2.75, 3.05) is 17.2 Å². The maximum atomic E-state index is 10.4. The number of hydrogen-bond acceptors (Lipinski definition) is 7. The molecule has 0 saturated heterocycles. The van der Waals surface area contributed by atoms with Gasteiger partial charge in [-0.2, -0.15) is 0 Å². The van der Waals surface area contributed by atoms with Crippen LogP contribution in [0, 0.1) is 51.7 Å². The maximum absolute atomic E-state index is 10.4. The van der Waals surface area contributed by atoms with Gasteiger partial charge in [0.05, 0.1) is 4.92 Å². The minimum atomic E-state index is -1.17. The van der Waals surface area contributed by atoms with Gasteiger partial charge < -0.3 is 27.2 Å². The highest BCUT2D eigenvalue weighted by Gasteiger charge is 2.09. The van der Waals surface area contributed by atoms with Crippen LogP contribution < -0.4 is 17.2 Å². The number of nitrogens with zero attached hydrogens (tertiary/aromatic N) is 1. The zero-order chi connectivity index (χ0) is 33.4. The molecule has 0 aromatic heterocycles.